The van der Waals surface area contributed by atoms with Crippen molar-refractivity contribution in [3.63, 3.8) is 0 Å². The van der Waals surface area contributed by atoms with E-state index in [1.54, 1.807) is 24.3 Å². The first-order valence-electron chi connectivity index (χ1n) is 6.38. The highest BCUT2D eigenvalue weighted by molar-refractivity contribution is 6.32. The molecule has 0 aliphatic carbocycles. The van der Waals surface area contributed by atoms with E-state index in [0.717, 1.165) is 12.1 Å². The van der Waals surface area contributed by atoms with Gasteiger partial charge in [0.1, 0.15) is 0 Å². The number of alkyl halides is 3. The van der Waals surface area contributed by atoms with Gasteiger partial charge in [-0.2, -0.15) is 13.2 Å². The Morgan fingerprint density at radius 1 is 1.04 bits per heavy atom. The number of carbonyl (C=O) groups excluding carboxylic acids is 1. The first-order chi connectivity index (χ1) is 10.8. The Bertz CT molecular complexity index is 757. The molecule has 2 nitrogen and oxygen atoms in total. The Morgan fingerprint density at radius 3 is 2.39 bits per heavy atom. The van der Waals surface area contributed by atoms with Crippen molar-refractivity contribution in [3.05, 3.63) is 69.7 Å². The van der Waals surface area contributed by atoms with Crippen molar-refractivity contribution in [2.45, 2.75) is 6.18 Å². The van der Waals surface area contributed by atoms with Crippen molar-refractivity contribution in [1.29, 1.82) is 0 Å². The van der Waals surface area contributed by atoms with Crippen molar-refractivity contribution < 1.29 is 18.0 Å². The van der Waals surface area contributed by atoms with Gasteiger partial charge in [0.2, 0.25) is 5.91 Å². The van der Waals surface area contributed by atoms with E-state index in [1.807, 2.05) is 0 Å². The van der Waals surface area contributed by atoms with Gasteiger partial charge in [-0.05, 0) is 35.9 Å². The molecule has 0 aliphatic heterocycles. The van der Waals surface area contributed by atoms with Crippen LogP contribution in [0.15, 0.2) is 48.5 Å². The molecule has 23 heavy (non-hydrogen) atoms. The summed E-state index contributed by atoms with van der Waals surface area (Å²) in [6.07, 6.45) is -1.94. The van der Waals surface area contributed by atoms with E-state index in [0.29, 0.717) is 10.6 Å². The lowest BCUT2D eigenvalue weighted by Crippen LogP contribution is -2.11. The third kappa shape index (κ3) is 4.74. The number of halogens is 5. The topological polar surface area (TPSA) is 29.1 Å². The number of anilines is 1. The standard InChI is InChI=1S/C16H10Cl2F3NO/c17-13-4-2-1-3-10(13)5-8-15(23)22-11-6-7-14(18)12(9-11)16(19,20)21/h1-9H,(H,22,23). The largest absolute Gasteiger partial charge is 0.417 e. The lowest BCUT2D eigenvalue weighted by molar-refractivity contribution is -0.137. The van der Waals surface area contributed by atoms with Gasteiger partial charge in [-0.25, -0.2) is 0 Å². The quantitative estimate of drug-likeness (QED) is 0.703. The van der Waals surface area contributed by atoms with Gasteiger partial charge in [-0.1, -0.05) is 41.4 Å². The lowest BCUT2D eigenvalue weighted by atomic mass is 10.2. The monoisotopic (exact) mass is 359 g/mol. The van der Waals surface area contributed by atoms with Gasteiger partial charge in [0, 0.05) is 16.8 Å². The molecule has 0 saturated heterocycles. The SMILES string of the molecule is O=C(C=Cc1ccccc1Cl)Nc1ccc(Cl)c(C(F)(F)F)c1. The predicted octanol–water partition coefficient (Wildman–Crippen LogP) is 5.66. The Kier molecular flexibility index (Phi) is 5.34. The van der Waals surface area contributed by atoms with Gasteiger partial charge in [0.25, 0.3) is 0 Å². The maximum atomic E-state index is 12.8. The summed E-state index contributed by atoms with van der Waals surface area (Å²) in [7, 11) is 0. The highest BCUT2D eigenvalue weighted by Crippen LogP contribution is 2.36. The number of hydrogen-bond donors (Lipinski definition) is 1. The van der Waals surface area contributed by atoms with E-state index in [2.05, 4.69) is 5.32 Å². The molecule has 2 aromatic rings. The molecule has 0 bridgehead atoms. The number of benzene rings is 2. The van der Waals surface area contributed by atoms with Gasteiger partial charge < -0.3 is 5.32 Å². The summed E-state index contributed by atoms with van der Waals surface area (Å²) in [5.41, 5.74) is -0.390. The normalized spacial score (nSPS) is 11.7. The number of amides is 1. The second-order valence-corrected chi connectivity index (χ2v) is 5.35. The molecule has 7 heteroatoms. The molecule has 2 aromatic carbocycles. The van der Waals surface area contributed by atoms with Gasteiger partial charge in [-0.15, -0.1) is 0 Å². The first kappa shape index (κ1) is 17.4. The molecule has 2 rings (SSSR count). The van der Waals surface area contributed by atoms with E-state index in [1.165, 1.54) is 18.2 Å². The summed E-state index contributed by atoms with van der Waals surface area (Å²) in [6, 6.07) is 10.0. The maximum absolute atomic E-state index is 12.8. The molecule has 0 atom stereocenters. The average Bonchev–Trinajstić information content (AvgIpc) is 2.47. The predicted molar refractivity (Wildman–Crippen MR) is 85.6 cm³/mol. The molecule has 120 valence electrons. The molecule has 0 heterocycles. The highest BCUT2D eigenvalue weighted by atomic mass is 35.5. The minimum atomic E-state index is -4.59. The fourth-order valence-corrected chi connectivity index (χ4v) is 2.20. The Morgan fingerprint density at radius 2 is 1.74 bits per heavy atom. The molecule has 0 aliphatic rings. The van der Waals surface area contributed by atoms with Gasteiger partial charge in [0.15, 0.2) is 0 Å². The Labute approximate surface area is 140 Å². The fourth-order valence-electron chi connectivity index (χ4n) is 1.78. The van der Waals surface area contributed by atoms with Gasteiger partial charge in [-0.3, -0.25) is 4.79 Å². The Balaban J connectivity index is 2.14. The molecule has 0 fully saturated rings. The molecular formula is C16H10Cl2F3NO. The van der Waals surface area contributed by atoms with Crippen molar-refractivity contribution in [1.82, 2.24) is 0 Å². The molecular weight excluding hydrogens is 350 g/mol. The smallest absolute Gasteiger partial charge is 0.322 e. The van der Waals surface area contributed by atoms with Crippen LogP contribution in [0.4, 0.5) is 18.9 Å². The summed E-state index contributed by atoms with van der Waals surface area (Å²) in [5, 5.41) is 2.38. The number of nitrogens with one attached hydrogen (secondary N) is 1. The molecule has 0 spiro atoms. The second kappa shape index (κ2) is 7.06. The molecule has 0 radical (unpaired) electrons. The van der Waals surface area contributed by atoms with Crippen LogP contribution in [0.2, 0.25) is 10.0 Å². The van der Waals surface area contributed by atoms with Crippen LogP contribution >= 0.6 is 23.2 Å². The molecule has 0 unspecified atom stereocenters. The zero-order chi connectivity index (χ0) is 17.0. The van der Waals surface area contributed by atoms with Crippen LogP contribution < -0.4 is 5.32 Å². The average molecular weight is 360 g/mol. The molecule has 1 N–H and O–H groups in total. The van der Waals surface area contributed by atoms with Crippen LogP contribution in [0.5, 0.6) is 0 Å². The summed E-state index contributed by atoms with van der Waals surface area (Å²) >= 11 is 11.4. The molecule has 1 amide bonds. The fraction of sp³-hybridized carbons (Fsp3) is 0.0625. The molecule has 0 aromatic heterocycles. The summed E-state index contributed by atoms with van der Waals surface area (Å²) in [4.78, 5) is 11.8. The lowest BCUT2D eigenvalue weighted by Gasteiger charge is -2.11. The second-order valence-electron chi connectivity index (χ2n) is 4.54. The third-order valence-corrected chi connectivity index (χ3v) is 3.53. The minimum Gasteiger partial charge on any atom is -0.322 e. The van der Waals surface area contributed by atoms with Crippen LogP contribution in [0.3, 0.4) is 0 Å². The minimum absolute atomic E-state index is 0.00414. The summed E-state index contributed by atoms with van der Waals surface area (Å²) in [5.74, 6) is -0.583. The van der Waals surface area contributed by atoms with Crippen LogP contribution in [-0.4, -0.2) is 5.91 Å². The van der Waals surface area contributed by atoms with E-state index >= 15 is 0 Å². The van der Waals surface area contributed by atoms with Crippen LogP contribution in [0.25, 0.3) is 6.08 Å². The number of carbonyl (C=O) groups is 1. The van der Waals surface area contributed by atoms with Crippen LogP contribution in [-0.2, 0) is 11.0 Å². The number of rotatable bonds is 3. The van der Waals surface area contributed by atoms with E-state index in [4.69, 9.17) is 23.2 Å². The van der Waals surface area contributed by atoms with E-state index in [9.17, 15) is 18.0 Å². The third-order valence-electron chi connectivity index (χ3n) is 2.86. The van der Waals surface area contributed by atoms with Gasteiger partial charge in [0.05, 0.1) is 10.6 Å². The summed E-state index contributed by atoms with van der Waals surface area (Å²) < 4.78 is 38.3. The van der Waals surface area contributed by atoms with Gasteiger partial charge >= 0.3 is 6.18 Å². The van der Waals surface area contributed by atoms with Crippen molar-refractivity contribution in [2.75, 3.05) is 5.32 Å². The summed E-state index contributed by atoms with van der Waals surface area (Å²) in [6.45, 7) is 0. The van der Waals surface area contributed by atoms with Crippen molar-refractivity contribution in [2.24, 2.45) is 0 Å². The van der Waals surface area contributed by atoms with Crippen LogP contribution in [0.1, 0.15) is 11.1 Å². The van der Waals surface area contributed by atoms with Crippen molar-refractivity contribution >= 4 is 40.9 Å². The zero-order valence-corrected chi connectivity index (χ0v) is 13.0. The zero-order valence-electron chi connectivity index (χ0n) is 11.5. The van der Waals surface area contributed by atoms with E-state index < -0.39 is 22.7 Å². The van der Waals surface area contributed by atoms with E-state index in [-0.39, 0.29) is 5.69 Å². The van der Waals surface area contributed by atoms with Crippen LogP contribution in [0, 0.1) is 0 Å². The maximum Gasteiger partial charge on any atom is 0.417 e. The van der Waals surface area contributed by atoms with Crippen molar-refractivity contribution in [3.8, 4) is 0 Å². The Hall–Kier alpha value is -1.98. The molecule has 0 saturated carbocycles. The first-order valence-corrected chi connectivity index (χ1v) is 7.13. The highest BCUT2D eigenvalue weighted by Gasteiger charge is 2.33. The number of hydrogen-bond acceptors (Lipinski definition) is 1.